The molecule has 26 heavy (non-hydrogen) atoms. The average molecular weight is 372 g/mol. The Morgan fingerprint density at radius 1 is 1.46 bits per heavy atom. The van der Waals surface area contributed by atoms with Crippen LogP contribution in [0.15, 0.2) is 42.3 Å². The van der Waals surface area contributed by atoms with Crippen molar-refractivity contribution in [1.29, 1.82) is 0 Å². The zero-order valence-corrected chi connectivity index (χ0v) is 16.1. The number of carbonyl (C=O) groups excluding carboxylic acids is 1. The van der Waals surface area contributed by atoms with Gasteiger partial charge in [-0.05, 0) is 30.4 Å². The van der Waals surface area contributed by atoms with E-state index in [0.717, 1.165) is 16.5 Å². The first-order chi connectivity index (χ1) is 12.6. The number of thioether (sulfide) groups is 1. The highest BCUT2D eigenvalue weighted by molar-refractivity contribution is 8.00. The van der Waals surface area contributed by atoms with E-state index in [0.29, 0.717) is 19.0 Å². The molecule has 1 aliphatic carbocycles. The molecule has 1 aliphatic rings. The van der Waals surface area contributed by atoms with Gasteiger partial charge < -0.3 is 9.88 Å². The number of amides is 1. The highest BCUT2D eigenvalue weighted by Gasteiger charge is 2.32. The SMILES string of the molecule is C=CCn1c(S[C@@H](C(=O)NCc2cccnc2)C(C)C)nnc1C1CC1. The number of hydrogen-bond donors (Lipinski definition) is 1. The Hall–Kier alpha value is -2.15. The second-order valence-corrected chi connectivity index (χ2v) is 7.98. The van der Waals surface area contributed by atoms with E-state index in [1.807, 2.05) is 18.2 Å². The van der Waals surface area contributed by atoms with Gasteiger partial charge in [-0.2, -0.15) is 0 Å². The first-order valence-corrected chi connectivity index (χ1v) is 9.85. The van der Waals surface area contributed by atoms with Crippen molar-refractivity contribution < 1.29 is 4.79 Å². The largest absolute Gasteiger partial charge is 0.351 e. The summed E-state index contributed by atoms with van der Waals surface area (Å²) in [6.07, 6.45) is 7.67. The standard InChI is InChI=1S/C19H25N5OS/c1-4-10-24-17(15-7-8-15)22-23-19(24)26-16(13(2)3)18(25)21-12-14-6-5-9-20-11-14/h4-6,9,11,13,15-16H,1,7-8,10,12H2,2-3H3,(H,21,25)/t16-/m1/s1. The number of pyridine rings is 1. The highest BCUT2D eigenvalue weighted by atomic mass is 32.2. The van der Waals surface area contributed by atoms with Crippen LogP contribution in [0, 0.1) is 5.92 Å². The summed E-state index contributed by atoms with van der Waals surface area (Å²) in [6, 6.07) is 3.82. The zero-order chi connectivity index (χ0) is 18.5. The summed E-state index contributed by atoms with van der Waals surface area (Å²) in [4.78, 5) is 16.8. The smallest absolute Gasteiger partial charge is 0.234 e. The van der Waals surface area contributed by atoms with Gasteiger partial charge in [-0.15, -0.1) is 16.8 Å². The van der Waals surface area contributed by atoms with Crippen LogP contribution >= 0.6 is 11.8 Å². The van der Waals surface area contributed by atoms with Crippen LogP contribution in [0.4, 0.5) is 0 Å². The Morgan fingerprint density at radius 2 is 2.27 bits per heavy atom. The normalized spacial score (nSPS) is 15.0. The lowest BCUT2D eigenvalue weighted by Crippen LogP contribution is -2.35. The molecule has 0 bridgehead atoms. The maximum Gasteiger partial charge on any atom is 0.234 e. The summed E-state index contributed by atoms with van der Waals surface area (Å²) in [7, 11) is 0. The maximum atomic E-state index is 12.8. The Bertz CT molecular complexity index is 755. The van der Waals surface area contributed by atoms with Gasteiger partial charge >= 0.3 is 0 Å². The fraction of sp³-hybridized carbons (Fsp3) is 0.474. The van der Waals surface area contributed by atoms with Gasteiger partial charge in [-0.1, -0.05) is 37.8 Å². The molecular weight excluding hydrogens is 346 g/mol. The maximum absolute atomic E-state index is 12.8. The molecule has 0 spiro atoms. The monoisotopic (exact) mass is 371 g/mol. The number of carbonyl (C=O) groups is 1. The average Bonchev–Trinajstić information content (AvgIpc) is 3.41. The molecular formula is C19H25N5OS. The van der Waals surface area contributed by atoms with E-state index >= 15 is 0 Å². The molecule has 0 unspecified atom stereocenters. The van der Waals surface area contributed by atoms with Gasteiger partial charge in [0.05, 0.1) is 5.25 Å². The Morgan fingerprint density at radius 3 is 2.88 bits per heavy atom. The molecule has 2 aromatic rings. The molecule has 0 saturated heterocycles. The topological polar surface area (TPSA) is 72.7 Å². The summed E-state index contributed by atoms with van der Waals surface area (Å²) < 4.78 is 2.10. The van der Waals surface area contributed by atoms with Crippen LogP contribution in [0.5, 0.6) is 0 Å². The molecule has 1 atom stereocenters. The number of nitrogens with one attached hydrogen (secondary N) is 1. The molecule has 2 aromatic heterocycles. The minimum atomic E-state index is -0.230. The van der Waals surface area contributed by atoms with Crippen LogP contribution in [0.25, 0.3) is 0 Å². The van der Waals surface area contributed by atoms with Gasteiger partial charge in [0.15, 0.2) is 5.16 Å². The van der Waals surface area contributed by atoms with Crippen LogP contribution in [0.2, 0.25) is 0 Å². The molecule has 3 rings (SSSR count). The molecule has 0 aliphatic heterocycles. The van der Waals surface area contributed by atoms with Crippen molar-refractivity contribution in [3.8, 4) is 0 Å². The summed E-state index contributed by atoms with van der Waals surface area (Å²) in [5, 5.41) is 12.3. The van der Waals surface area contributed by atoms with Crippen molar-refractivity contribution in [1.82, 2.24) is 25.1 Å². The molecule has 2 heterocycles. The number of aromatic nitrogens is 4. The molecule has 0 aromatic carbocycles. The van der Waals surface area contributed by atoms with Crippen LogP contribution in [-0.2, 0) is 17.9 Å². The lowest BCUT2D eigenvalue weighted by Gasteiger charge is -2.19. The van der Waals surface area contributed by atoms with E-state index < -0.39 is 0 Å². The molecule has 7 heteroatoms. The van der Waals surface area contributed by atoms with Crippen LogP contribution in [-0.4, -0.2) is 30.9 Å². The van der Waals surface area contributed by atoms with Gasteiger partial charge in [0.25, 0.3) is 0 Å². The zero-order valence-electron chi connectivity index (χ0n) is 15.3. The van der Waals surface area contributed by atoms with Crippen molar-refractivity contribution in [2.45, 2.75) is 56.1 Å². The number of allylic oxidation sites excluding steroid dienone is 1. The lowest BCUT2D eigenvalue weighted by atomic mass is 10.1. The van der Waals surface area contributed by atoms with Gasteiger partial charge in [0.2, 0.25) is 5.91 Å². The first-order valence-electron chi connectivity index (χ1n) is 8.97. The van der Waals surface area contributed by atoms with Crippen LogP contribution in [0.3, 0.4) is 0 Å². The third-order valence-corrected chi connectivity index (χ3v) is 5.81. The Kier molecular flexibility index (Phi) is 6.08. The van der Waals surface area contributed by atoms with Gasteiger partial charge in [0, 0.05) is 31.4 Å². The molecule has 1 N–H and O–H groups in total. The number of hydrogen-bond acceptors (Lipinski definition) is 5. The molecule has 1 fully saturated rings. The minimum absolute atomic E-state index is 0.00924. The third-order valence-electron chi connectivity index (χ3n) is 4.29. The Labute approximate surface area is 158 Å². The lowest BCUT2D eigenvalue weighted by molar-refractivity contribution is -0.121. The van der Waals surface area contributed by atoms with E-state index in [4.69, 9.17) is 0 Å². The van der Waals surface area contributed by atoms with E-state index in [1.165, 1.54) is 24.6 Å². The van der Waals surface area contributed by atoms with Crippen molar-refractivity contribution in [3.05, 3.63) is 48.6 Å². The fourth-order valence-corrected chi connectivity index (χ4v) is 3.80. The van der Waals surface area contributed by atoms with E-state index in [2.05, 4.69) is 45.5 Å². The second kappa shape index (κ2) is 8.49. The third kappa shape index (κ3) is 4.52. The van der Waals surface area contributed by atoms with Crippen LogP contribution < -0.4 is 5.32 Å². The van der Waals surface area contributed by atoms with E-state index in [-0.39, 0.29) is 17.1 Å². The van der Waals surface area contributed by atoms with Crippen molar-refractivity contribution in [3.63, 3.8) is 0 Å². The highest BCUT2D eigenvalue weighted by Crippen LogP contribution is 2.40. The quantitative estimate of drug-likeness (QED) is 0.541. The van der Waals surface area contributed by atoms with Gasteiger partial charge in [0.1, 0.15) is 5.82 Å². The summed E-state index contributed by atoms with van der Waals surface area (Å²) in [6.45, 7) is 9.09. The molecule has 0 radical (unpaired) electrons. The van der Waals surface area contributed by atoms with Crippen molar-refractivity contribution in [2.24, 2.45) is 5.92 Å². The second-order valence-electron chi connectivity index (χ2n) is 6.88. The molecule has 6 nitrogen and oxygen atoms in total. The Balaban J connectivity index is 1.70. The number of rotatable bonds is 9. The first kappa shape index (κ1) is 18.6. The van der Waals surface area contributed by atoms with Gasteiger partial charge in [-0.25, -0.2) is 0 Å². The van der Waals surface area contributed by atoms with Gasteiger partial charge in [-0.3, -0.25) is 9.78 Å². The summed E-state index contributed by atoms with van der Waals surface area (Å²) >= 11 is 1.49. The number of nitrogens with zero attached hydrogens (tertiary/aromatic N) is 4. The molecule has 1 amide bonds. The predicted octanol–water partition coefficient (Wildman–Crippen LogP) is 3.17. The predicted molar refractivity (Wildman–Crippen MR) is 103 cm³/mol. The van der Waals surface area contributed by atoms with E-state index in [9.17, 15) is 4.79 Å². The molecule has 138 valence electrons. The minimum Gasteiger partial charge on any atom is -0.351 e. The van der Waals surface area contributed by atoms with E-state index in [1.54, 1.807) is 12.4 Å². The summed E-state index contributed by atoms with van der Waals surface area (Å²) in [5.74, 6) is 1.71. The molecule has 1 saturated carbocycles. The fourth-order valence-electron chi connectivity index (χ4n) is 2.73. The summed E-state index contributed by atoms with van der Waals surface area (Å²) in [5.41, 5.74) is 0.985. The van der Waals surface area contributed by atoms with Crippen molar-refractivity contribution in [2.75, 3.05) is 0 Å². The van der Waals surface area contributed by atoms with Crippen molar-refractivity contribution >= 4 is 17.7 Å². The van der Waals surface area contributed by atoms with Crippen LogP contribution in [0.1, 0.15) is 44.0 Å².